The van der Waals surface area contributed by atoms with E-state index in [4.69, 9.17) is 0 Å². The number of carbonyl (C=O) groups excluding carboxylic acids is 1. The van der Waals surface area contributed by atoms with Crippen LogP contribution < -0.4 is 10.6 Å². The molecule has 1 aliphatic carbocycles. The average Bonchev–Trinajstić information content (AvgIpc) is 2.71. The van der Waals surface area contributed by atoms with E-state index in [2.05, 4.69) is 34.9 Å². The molecule has 1 amide bonds. The zero-order valence-electron chi connectivity index (χ0n) is 10.3. The third-order valence-electron chi connectivity index (χ3n) is 3.25. The van der Waals surface area contributed by atoms with Crippen molar-refractivity contribution in [2.24, 2.45) is 0 Å². The van der Waals surface area contributed by atoms with Gasteiger partial charge in [0.2, 0.25) is 5.91 Å². The minimum absolute atomic E-state index is 0.179. The molecule has 0 aromatic heterocycles. The Kier molecular flexibility index (Phi) is 4.15. The molecule has 17 heavy (non-hydrogen) atoms. The van der Waals surface area contributed by atoms with Crippen LogP contribution in [0.2, 0.25) is 0 Å². The van der Waals surface area contributed by atoms with Crippen molar-refractivity contribution in [3.05, 3.63) is 35.4 Å². The lowest BCUT2D eigenvalue weighted by Crippen LogP contribution is -2.35. The van der Waals surface area contributed by atoms with Gasteiger partial charge in [0.25, 0.3) is 0 Å². The second-order valence-electron chi connectivity index (χ2n) is 4.65. The van der Waals surface area contributed by atoms with E-state index in [1.54, 1.807) is 0 Å². The predicted octanol–water partition coefficient (Wildman–Crippen LogP) is 1.27. The number of hydrogen-bond acceptors (Lipinski definition) is 2. The fourth-order valence-corrected chi connectivity index (χ4v) is 2.39. The van der Waals surface area contributed by atoms with Crippen molar-refractivity contribution in [1.29, 1.82) is 0 Å². The van der Waals surface area contributed by atoms with Gasteiger partial charge in [0.15, 0.2) is 0 Å². The molecule has 0 spiro atoms. The maximum Gasteiger partial charge on any atom is 0.220 e. The van der Waals surface area contributed by atoms with E-state index in [1.165, 1.54) is 11.1 Å². The van der Waals surface area contributed by atoms with Crippen LogP contribution in [0.15, 0.2) is 24.3 Å². The van der Waals surface area contributed by atoms with E-state index in [9.17, 15) is 4.79 Å². The van der Waals surface area contributed by atoms with Crippen LogP contribution in [-0.4, -0.2) is 25.5 Å². The minimum atomic E-state index is 0.179. The largest absolute Gasteiger partial charge is 0.353 e. The SMILES string of the molecule is CNCCCC(=O)NC1Cc2ccccc2C1. The van der Waals surface area contributed by atoms with Crippen molar-refractivity contribution < 1.29 is 4.79 Å². The number of nitrogens with one attached hydrogen (secondary N) is 2. The van der Waals surface area contributed by atoms with Gasteiger partial charge in [-0.1, -0.05) is 24.3 Å². The highest BCUT2D eigenvalue weighted by Gasteiger charge is 2.21. The van der Waals surface area contributed by atoms with Crippen molar-refractivity contribution in [3.8, 4) is 0 Å². The highest BCUT2D eigenvalue weighted by molar-refractivity contribution is 5.76. The Morgan fingerprint density at radius 1 is 1.29 bits per heavy atom. The Labute approximate surface area is 103 Å². The van der Waals surface area contributed by atoms with Crippen LogP contribution in [0.1, 0.15) is 24.0 Å². The van der Waals surface area contributed by atoms with Crippen LogP contribution in [0.25, 0.3) is 0 Å². The lowest BCUT2D eigenvalue weighted by atomic mass is 10.1. The van der Waals surface area contributed by atoms with Crippen molar-refractivity contribution in [1.82, 2.24) is 10.6 Å². The Hall–Kier alpha value is -1.35. The van der Waals surface area contributed by atoms with E-state index in [0.717, 1.165) is 25.8 Å². The van der Waals surface area contributed by atoms with Gasteiger partial charge in [-0.2, -0.15) is 0 Å². The molecule has 2 N–H and O–H groups in total. The van der Waals surface area contributed by atoms with Crippen molar-refractivity contribution in [3.63, 3.8) is 0 Å². The third-order valence-corrected chi connectivity index (χ3v) is 3.25. The molecule has 0 heterocycles. The van der Waals surface area contributed by atoms with E-state index in [1.807, 2.05) is 7.05 Å². The fourth-order valence-electron chi connectivity index (χ4n) is 2.39. The molecule has 0 bridgehead atoms. The highest BCUT2D eigenvalue weighted by Crippen LogP contribution is 2.21. The summed E-state index contributed by atoms with van der Waals surface area (Å²) in [5, 5.41) is 6.17. The number of carbonyl (C=O) groups is 1. The number of rotatable bonds is 5. The van der Waals surface area contributed by atoms with Crippen LogP contribution in [0.3, 0.4) is 0 Å². The van der Waals surface area contributed by atoms with Crippen LogP contribution in [0.4, 0.5) is 0 Å². The number of fused-ring (bicyclic) bond motifs is 1. The standard InChI is InChI=1S/C14H20N2O/c1-15-8-4-7-14(17)16-13-9-11-5-2-3-6-12(11)10-13/h2-3,5-6,13,15H,4,7-10H2,1H3,(H,16,17). The van der Waals surface area contributed by atoms with E-state index < -0.39 is 0 Å². The summed E-state index contributed by atoms with van der Waals surface area (Å²) in [6.07, 6.45) is 3.48. The van der Waals surface area contributed by atoms with Gasteiger partial charge in [0, 0.05) is 12.5 Å². The van der Waals surface area contributed by atoms with Gasteiger partial charge in [-0.05, 0) is 44.0 Å². The number of benzene rings is 1. The quantitative estimate of drug-likeness (QED) is 0.751. The molecule has 1 aromatic rings. The smallest absolute Gasteiger partial charge is 0.220 e. The average molecular weight is 232 g/mol. The minimum Gasteiger partial charge on any atom is -0.353 e. The lowest BCUT2D eigenvalue weighted by Gasteiger charge is -2.11. The molecule has 1 aromatic carbocycles. The topological polar surface area (TPSA) is 41.1 Å². The molecule has 0 unspecified atom stereocenters. The predicted molar refractivity (Wildman–Crippen MR) is 68.9 cm³/mol. The molecule has 1 aliphatic rings. The lowest BCUT2D eigenvalue weighted by molar-refractivity contribution is -0.121. The molecule has 0 atom stereocenters. The summed E-state index contributed by atoms with van der Waals surface area (Å²) in [6.45, 7) is 0.901. The van der Waals surface area contributed by atoms with Gasteiger partial charge in [0.05, 0.1) is 0 Å². The van der Waals surface area contributed by atoms with Crippen molar-refractivity contribution in [2.75, 3.05) is 13.6 Å². The molecule has 0 aliphatic heterocycles. The van der Waals surface area contributed by atoms with Crippen LogP contribution >= 0.6 is 0 Å². The van der Waals surface area contributed by atoms with E-state index in [-0.39, 0.29) is 5.91 Å². The van der Waals surface area contributed by atoms with E-state index in [0.29, 0.717) is 12.5 Å². The summed E-state index contributed by atoms with van der Waals surface area (Å²) >= 11 is 0. The zero-order chi connectivity index (χ0) is 12.1. The molecule has 3 nitrogen and oxygen atoms in total. The summed E-state index contributed by atoms with van der Waals surface area (Å²) in [5.74, 6) is 0.179. The highest BCUT2D eigenvalue weighted by atomic mass is 16.1. The third kappa shape index (κ3) is 3.30. The summed E-state index contributed by atoms with van der Waals surface area (Å²) < 4.78 is 0. The molecule has 0 saturated carbocycles. The summed E-state index contributed by atoms with van der Waals surface area (Å²) in [5.41, 5.74) is 2.76. The number of amides is 1. The van der Waals surface area contributed by atoms with Gasteiger partial charge in [-0.15, -0.1) is 0 Å². The summed E-state index contributed by atoms with van der Waals surface area (Å²) in [6, 6.07) is 8.74. The second-order valence-corrected chi connectivity index (χ2v) is 4.65. The molecule has 3 heteroatoms. The Morgan fingerprint density at radius 2 is 1.94 bits per heavy atom. The molecular weight excluding hydrogens is 212 g/mol. The van der Waals surface area contributed by atoms with Crippen molar-refractivity contribution in [2.45, 2.75) is 31.7 Å². The first-order chi connectivity index (χ1) is 8.29. The zero-order valence-corrected chi connectivity index (χ0v) is 10.3. The maximum atomic E-state index is 11.7. The molecule has 2 rings (SSSR count). The molecule has 0 saturated heterocycles. The van der Waals surface area contributed by atoms with E-state index >= 15 is 0 Å². The van der Waals surface area contributed by atoms with Gasteiger partial charge in [-0.3, -0.25) is 4.79 Å². The molecule has 0 fully saturated rings. The van der Waals surface area contributed by atoms with Gasteiger partial charge >= 0.3 is 0 Å². The first kappa shape index (κ1) is 12.1. The maximum absolute atomic E-state index is 11.7. The van der Waals surface area contributed by atoms with Crippen LogP contribution in [0, 0.1) is 0 Å². The second kappa shape index (κ2) is 5.82. The Bertz CT molecular complexity index is 365. The normalized spacial score (nSPS) is 14.6. The Balaban J connectivity index is 1.77. The summed E-state index contributed by atoms with van der Waals surface area (Å²) in [4.78, 5) is 11.7. The number of hydrogen-bond donors (Lipinski definition) is 2. The summed E-state index contributed by atoms with van der Waals surface area (Å²) in [7, 11) is 1.91. The van der Waals surface area contributed by atoms with Gasteiger partial charge in [0.1, 0.15) is 0 Å². The first-order valence-electron chi connectivity index (χ1n) is 6.30. The Morgan fingerprint density at radius 3 is 2.53 bits per heavy atom. The van der Waals surface area contributed by atoms with Gasteiger partial charge < -0.3 is 10.6 Å². The van der Waals surface area contributed by atoms with Crippen molar-refractivity contribution >= 4 is 5.91 Å². The molecular formula is C14H20N2O. The molecule has 92 valence electrons. The molecule has 0 radical (unpaired) electrons. The van der Waals surface area contributed by atoms with Crippen LogP contribution in [-0.2, 0) is 17.6 Å². The van der Waals surface area contributed by atoms with Crippen LogP contribution in [0.5, 0.6) is 0 Å². The monoisotopic (exact) mass is 232 g/mol. The first-order valence-corrected chi connectivity index (χ1v) is 6.30. The fraction of sp³-hybridized carbons (Fsp3) is 0.500. The van der Waals surface area contributed by atoms with Gasteiger partial charge in [-0.25, -0.2) is 0 Å².